The molecule has 3 unspecified atom stereocenters. The summed E-state index contributed by atoms with van der Waals surface area (Å²) < 4.78 is 17.7. The van der Waals surface area contributed by atoms with Gasteiger partial charge in [-0.3, -0.25) is 4.79 Å². The number of ether oxygens (including phenoxy) is 3. The maximum absolute atomic E-state index is 11.7. The average Bonchev–Trinajstić information content (AvgIpc) is 2.93. The summed E-state index contributed by atoms with van der Waals surface area (Å²) in [5.41, 5.74) is 0. The number of nitrogens with zero attached hydrogens (tertiary/aromatic N) is 1. The van der Waals surface area contributed by atoms with Crippen molar-refractivity contribution in [2.45, 2.75) is 71.7 Å². The minimum Gasteiger partial charge on any atom is -0.466 e. The lowest BCUT2D eigenvalue weighted by molar-refractivity contribution is -0.231. The molecular formula is C19H37NO4. The zero-order valence-electron chi connectivity index (χ0n) is 16.5. The summed E-state index contributed by atoms with van der Waals surface area (Å²) >= 11 is 0. The maximum Gasteiger partial charge on any atom is 0.305 e. The highest BCUT2D eigenvalue weighted by Gasteiger charge is 2.47. The third kappa shape index (κ3) is 6.34. The van der Waals surface area contributed by atoms with Gasteiger partial charge in [0.25, 0.3) is 0 Å². The predicted octanol–water partition coefficient (Wildman–Crippen LogP) is 3.47. The van der Waals surface area contributed by atoms with Crippen LogP contribution < -0.4 is 0 Å². The van der Waals surface area contributed by atoms with Crippen molar-refractivity contribution < 1.29 is 19.0 Å². The van der Waals surface area contributed by atoms with E-state index in [4.69, 9.17) is 14.2 Å². The molecule has 5 nitrogen and oxygen atoms in total. The standard InChI is InChI=1S/C19H37NO4/c1-7-9-16(4)19(15(2)3)23-14-17(24-19)11-13-22-18(21)10-8-12-20(5)6/h15-17H,7-14H2,1-6H3. The number of rotatable bonds is 11. The molecule has 142 valence electrons. The first kappa shape index (κ1) is 21.4. The molecule has 3 atom stereocenters. The molecule has 0 aromatic heterocycles. The van der Waals surface area contributed by atoms with E-state index in [1.807, 2.05) is 14.1 Å². The zero-order chi connectivity index (χ0) is 18.2. The van der Waals surface area contributed by atoms with Crippen LogP contribution in [0.3, 0.4) is 0 Å². The normalized spacial score (nSPS) is 25.4. The fourth-order valence-electron chi connectivity index (χ4n) is 3.37. The molecule has 1 rings (SSSR count). The van der Waals surface area contributed by atoms with Gasteiger partial charge in [-0.15, -0.1) is 0 Å². The fourth-order valence-corrected chi connectivity index (χ4v) is 3.37. The Morgan fingerprint density at radius 3 is 2.62 bits per heavy atom. The first-order chi connectivity index (χ1) is 11.3. The molecule has 0 spiro atoms. The molecule has 24 heavy (non-hydrogen) atoms. The minimum atomic E-state index is -0.490. The van der Waals surface area contributed by atoms with Crippen LogP contribution >= 0.6 is 0 Å². The highest BCUT2D eigenvalue weighted by atomic mass is 16.7. The van der Waals surface area contributed by atoms with Gasteiger partial charge >= 0.3 is 5.97 Å². The number of hydrogen-bond donors (Lipinski definition) is 0. The molecule has 1 aliphatic rings. The van der Waals surface area contributed by atoms with Gasteiger partial charge in [0, 0.05) is 24.7 Å². The van der Waals surface area contributed by atoms with Gasteiger partial charge in [0.15, 0.2) is 5.79 Å². The molecule has 5 heteroatoms. The monoisotopic (exact) mass is 343 g/mol. The Hall–Kier alpha value is -0.650. The Morgan fingerprint density at radius 2 is 2.04 bits per heavy atom. The number of carbonyl (C=O) groups excluding carboxylic acids is 1. The van der Waals surface area contributed by atoms with E-state index in [9.17, 15) is 4.79 Å². The zero-order valence-corrected chi connectivity index (χ0v) is 16.5. The van der Waals surface area contributed by atoms with Crippen LogP contribution in [0.2, 0.25) is 0 Å². The van der Waals surface area contributed by atoms with E-state index in [1.165, 1.54) is 0 Å². The van der Waals surface area contributed by atoms with Crippen LogP contribution in [0, 0.1) is 11.8 Å². The van der Waals surface area contributed by atoms with Crippen molar-refractivity contribution in [1.82, 2.24) is 4.90 Å². The SMILES string of the molecule is CCCC(C)C1(C(C)C)OCC(CCOC(=O)CCCN(C)C)O1. The van der Waals surface area contributed by atoms with Crippen LogP contribution in [0.1, 0.15) is 59.8 Å². The number of esters is 1. The number of carbonyl (C=O) groups is 1. The molecule has 1 saturated heterocycles. The van der Waals surface area contributed by atoms with Crippen LogP contribution in [0.25, 0.3) is 0 Å². The smallest absolute Gasteiger partial charge is 0.305 e. The molecular weight excluding hydrogens is 306 g/mol. The molecule has 0 amide bonds. The highest BCUT2D eigenvalue weighted by molar-refractivity contribution is 5.69. The Bertz CT molecular complexity index is 372. The first-order valence-electron chi connectivity index (χ1n) is 9.44. The van der Waals surface area contributed by atoms with Gasteiger partial charge in [-0.25, -0.2) is 0 Å². The first-order valence-corrected chi connectivity index (χ1v) is 9.44. The van der Waals surface area contributed by atoms with Crippen LogP contribution in [-0.4, -0.2) is 56.6 Å². The van der Waals surface area contributed by atoms with Gasteiger partial charge in [0.1, 0.15) is 0 Å². The molecule has 1 fully saturated rings. The summed E-state index contributed by atoms with van der Waals surface area (Å²) in [7, 11) is 4.01. The summed E-state index contributed by atoms with van der Waals surface area (Å²) in [5.74, 6) is 0.0556. The lowest BCUT2D eigenvalue weighted by atomic mass is 9.87. The molecule has 0 saturated carbocycles. The topological polar surface area (TPSA) is 48.0 Å². The van der Waals surface area contributed by atoms with E-state index in [-0.39, 0.29) is 12.1 Å². The second kappa shape index (κ2) is 10.4. The molecule has 0 aromatic carbocycles. The highest BCUT2D eigenvalue weighted by Crippen LogP contribution is 2.40. The average molecular weight is 344 g/mol. The Balaban J connectivity index is 2.34. The van der Waals surface area contributed by atoms with E-state index in [0.717, 1.165) is 25.8 Å². The van der Waals surface area contributed by atoms with Crippen molar-refractivity contribution in [3.05, 3.63) is 0 Å². The van der Waals surface area contributed by atoms with Crippen molar-refractivity contribution in [3.8, 4) is 0 Å². The summed E-state index contributed by atoms with van der Waals surface area (Å²) in [6.45, 7) is 10.6. The predicted molar refractivity (Wildman–Crippen MR) is 95.8 cm³/mol. The van der Waals surface area contributed by atoms with Gasteiger partial charge in [-0.1, -0.05) is 34.1 Å². The van der Waals surface area contributed by atoms with Gasteiger partial charge < -0.3 is 19.1 Å². The lowest BCUT2D eigenvalue weighted by Gasteiger charge is -2.37. The van der Waals surface area contributed by atoms with Crippen molar-refractivity contribution in [1.29, 1.82) is 0 Å². The van der Waals surface area contributed by atoms with Crippen molar-refractivity contribution in [3.63, 3.8) is 0 Å². The lowest BCUT2D eigenvalue weighted by Crippen LogP contribution is -2.43. The Kier molecular flexibility index (Phi) is 9.24. The quantitative estimate of drug-likeness (QED) is 0.538. The van der Waals surface area contributed by atoms with E-state index < -0.39 is 5.79 Å². The second-order valence-corrected chi connectivity index (χ2v) is 7.53. The van der Waals surface area contributed by atoms with Crippen molar-refractivity contribution >= 4 is 5.97 Å². The molecule has 0 N–H and O–H groups in total. The van der Waals surface area contributed by atoms with Gasteiger partial charge in [0.05, 0.1) is 19.3 Å². The van der Waals surface area contributed by atoms with Gasteiger partial charge in [-0.2, -0.15) is 0 Å². The van der Waals surface area contributed by atoms with Crippen LogP contribution in [0.4, 0.5) is 0 Å². The maximum atomic E-state index is 11.7. The fraction of sp³-hybridized carbons (Fsp3) is 0.947. The van der Waals surface area contributed by atoms with Gasteiger partial charge in [0.2, 0.25) is 0 Å². The van der Waals surface area contributed by atoms with Crippen molar-refractivity contribution in [2.75, 3.05) is 33.9 Å². The third-order valence-electron chi connectivity index (χ3n) is 4.75. The molecule has 0 aliphatic carbocycles. The third-order valence-corrected chi connectivity index (χ3v) is 4.75. The van der Waals surface area contributed by atoms with E-state index >= 15 is 0 Å². The van der Waals surface area contributed by atoms with E-state index in [2.05, 4.69) is 32.6 Å². The summed E-state index contributed by atoms with van der Waals surface area (Å²) in [5, 5.41) is 0. The summed E-state index contributed by atoms with van der Waals surface area (Å²) in [6.07, 6.45) is 4.24. The second-order valence-electron chi connectivity index (χ2n) is 7.53. The van der Waals surface area contributed by atoms with Crippen LogP contribution in [0.5, 0.6) is 0 Å². The van der Waals surface area contributed by atoms with Crippen LogP contribution in [0.15, 0.2) is 0 Å². The number of hydrogen-bond acceptors (Lipinski definition) is 5. The summed E-state index contributed by atoms with van der Waals surface area (Å²) in [6, 6.07) is 0. The van der Waals surface area contributed by atoms with E-state index in [0.29, 0.717) is 37.9 Å². The molecule has 1 heterocycles. The molecule has 0 radical (unpaired) electrons. The molecule has 0 bridgehead atoms. The van der Waals surface area contributed by atoms with E-state index in [1.54, 1.807) is 0 Å². The van der Waals surface area contributed by atoms with Crippen LogP contribution in [-0.2, 0) is 19.0 Å². The van der Waals surface area contributed by atoms with Gasteiger partial charge in [-0.05, 0) is 33.5 Å². The Labute approximate surface area is 148 Å². The molecule has 0 aromatic rings. The largest absolute Gasteiger partial charge is 0.466 e. The minimum absolute atomic E-state index is 0.0151. The Morgan fingerprint density at radius 1 is 1.33 bits per heavy atom. The van der Waals surface area contributed by atoms with Crippen molar-refractivity contribution in [2.24, 2.45) is 11.8 Å². The summed E-state index contributed by atoms with van der Waals surface area (Å²) in [4.78, 5) is 13.8. The molecule has 1 aliphatic heterocycles.